The molecule has 1 aliphatic rings. The lowest BCUT2D eigenvalue weighted by Crippen LogP contribution is -2.37. The molecule has 2 N–H and O–H groups in total. The number of nitrogens with one attached hydrogen (secondary N) is 2. The summed E-state index contributed by atoms with van der Waals surface area (Å²) in [7, 11) is 0. The van der Waals surface area contributed by atoms with Crippen molar-refractivity contribution in [2.45, 2.75) is 0 Å². The van der Waals surface area contributed by atoms with E-state index < -0.39 is 0 Å². The van der Waals surface area contributed by atoms with Crippen molar-refractivity contribution in [3.05, 3.63) is 40.7 Å². The highest BCUT2D eigenvalue weighted by atomic mass is 16.5. The molecule has 22 heavy (non-hydrogen) atoms. The second-order valence-corrected chi connectivity index (χ2v) is 5.17. The van der Waals surface area contributed by atoms with Gasteiger partial charge in [-0.25, -0.2) is 10.1 Å². The zero-order chi connectivity index (χ0) is 14.9. The number of nitrogens with zero attached hydrogens (tertiary/aromatic N) is 3. The van der Waals surface area contributed by atoms with Crippen LogP contribution in [-0.2, 0) is 4.74 Å². The largest absolute Gasteiger partial charge is 0.378 e. The molecule has 3 heterocycles. The molecule has 0 unspecified atom stereocenters. The summed E-state index contributed by atoms with van der Waals surface area (Å²) in [6, 6.07) is 9.47. The normalized spacial score (nSPS) is 15.4. The molecule has 4 rings (SSSR count). The molecule has 0 radical (unpaired) electrons. The van der Waals surface area contributed by atoms with Crippen LogP contribution in [0.2, 0.25) is 0 Å². The van der Waals surface area contributed by atoms with E-state index in [1.807, 2.05) is 24.3 Å². The average molecular weight is 297 g/mol. The van der Waals surface area contributed by atoms with E-state index >= 15 is 0 Å². The Kier molecular flexibility index (Phi) is 3.12. The van der Waals surface area contributed by atoms with Crippen LogP contribution < -0.4 is 10.5 Å². The minimum atomic E-state index is -0.254. The lowest BCUT2D eigenvalue weighted by atomic mass is 10.2. The molecule has 3 aromatic rings. The fourth-order valence-corrected chi connectivity index (χ4v) is 2.61. The molecule has 0 atom stereocenters. The monoisotopic (exact) mass is 297 g/mol. The van der Waals surface area contributed by atoms with Gasteiger partial charge >= 0.3 is 0 Å². The standard InChI is InChI=1S/C15H15N5O2/c21-15-10(14-16-11-3-1-2-4-12(11)17-14)9-13(18-19-15)20-5-7-22-8-6-20/h1-4,9H,5-8H2,(H,16,17)(H,19,21). The van der Waals surface area contributed by atoms with Crippen LogP contribution in [0.25, 0.3) is 22.4 Å². The number of H-pyrrole nitrogens is 2. The first kappa shape index (κ1) is 13.0. The number of para-hydroxylation sites is 2. The summed E-state index contributed by atoms with van der Waals surface area (Å²) in [4.78, 5) is 21.9. The van der Waals surface area contributed by atoms with Gasteiger partial charge in [-0.2, -0.15) is 5.10 Å². The maximum absolute atomic E-state index is 12.1. The number of benzene rings is 1. The number of imidazole rings is 1. The first-order valence-corrected chi connectivity index (χ1v) is 7.19. The quantitative estimate of drug-likeness (QED) is 0.741. The minimum Gasteiger partial charge on any atom is -0.378 e. The van der Waals surface area contributed by atoms with Gasteiger partial charge in [-0.05, 0) is 18.2 Å². The van der Waals surface area contributed by atoms with E-state index in [9.17, 15) is 4.79 Å². The number of hydrogen-bond donors (Lipinski definition) is 2. The zero-order valence-electron chi connectivity index (χ0n) is 11.9. The van der Waals surface area contributed by atoms with E-state index in [0.29, 0.717) is 24.6 Å². The number of rotatable bonds is 2. The second-order valence-electron chi connectivity index (χ2n) is 5.17. The number of hydrogen-bond acceptors (Lipinski definition) is 5. The predicted octanol–water partition coefficient (Wildman–Crippen LogP) is 1.15. The van der Waals surface area contributed by atoms with Crippen molar-refractivity contribution in [3.63, 3.8) is 0 Å². The number of fused-ring (bicyclic) bond motifs is 1. The summed E-state index contributed by atoms with van der Waals surface area (Å²) in [5.41, 5.74) is 1.98. The van der Waals surface area contributed by atoms with E-state index in [2.05, 4.69) is 25.1 Å². The molecule has 1 aliphatic heterocycles. The molecule has 7 heteroatoms. The van der Waals surface area contributed by atoms with Crippen molar-refractivity contribution in [2.24, 2.45) is 0 Å². The van der Waals surface area contributed by atoms with Crippen LogP contribution in [0.4, 0.5) is 5.82 Å². The fourth-order valence-electron chi connectivity index (χ4n) is 2.61. The van der Waals surface area contributed by atoms with Gasteiger partial charge in [-0.15, -0.1) is 0 Å². The van der Waals surface area contributed by atoms with Crippen molar-refractivity contribution < 1.29 is 4.74 Å². The molecule has 1 aromatic carbocycles. The Bertz CT molecular complexity index is 830. The van der Waals surface area contributed by atoms with Crippen molar-refractivity contribution in [1.82, 2.24) is 20.2 Å². The Morgan fingerprint density at radius 3 is 2.82 bits per heavy atom. The molecule has 0 amide bonds. The molecule has 0 bridgehead atoms. The summed E-state index contributed by atoms with van der Waals surface area (Å²) in [5, 5.41) is 6.69. The van der Waals surface area contributed by atoms with Gasteiger partial charge < -0.3 is 14.6 Å². The van der Waals surface area contributed by atoms with E-state index in [1.165, 1.54) is 0 Å². The van der Waals surface area contributed by atoms with Gasteiger partial charge in [0.1, 0.15) is 11.6 Å². The average Bonchev–Trinajstić information content (AvgIpc) is 3.00. The first-order valence-electron chi connectivity index (χ1n) is 7.19. The number of anilines is 1. The van der Waals surface area contributed by atoms with Gasteiger partial charge in [0.15, 0.2) is 0 Å². The van der Waals surface area contributed by atoms with Crippen molar-refractivity contribution in [3.8, 4) is 11.4 Å². The third-order valence-corrected chi connectivity index (χ3v) is 3.77. The zero-order valence-corrected chi connectivity index (χ0v) is 11.9. The molecule has 1 saturated heterocycles. The highest BCUT2D eigenvalue weighted by molar-refractivity contribution is 5.79. The number of ether oxygens (including phenoxy) is 1. The lowest BCUT2D eigenvalue weighted by molar-refractivity contribution is 0.122. The van der Waals surface area contributed by atoms with Crippen LogP contribution in [-0.4, -0.2) is 46.5 Å². The van der Waals surface area contributed by atoms with E-state index in [4.69, 9.17) is 4.74 Å². The summed E-state index contributed by atoms with van der Waals surface area (Å²) >= 11 is 0. The molecule has 0 aliphatic carbocycles. The van der Waals surface area contributed by atoms with Gasteiger partial charge in [0.25, 0.3) is 5.56 Å². The third kappa shape index (κ3) is 2.25. The summed E-state index contributed by atoms with van der Waals surface area (Å²) in [6.07, 6.45) is 0. The smallest absolute Gasteiger partial charge is 0.275 e. The van der Waals surface area contributed by atoms with E-state index in [0.717, 1.165) is 29.9 Å². The van der Waals surface area contributed by atoms with Crippen LogP contribution in [0.5, 0.6) is 0 Å². The Balaban J connectivity index is 1.78. The Labute approximate surface area is 125 Å². The Morgan fingerprint density at radius 2 is 2.00 bits per heavy atom. The maximum Gasteiger partial charge on any atom is 0.275 e. The summed E-state index contributed by atoms with van der Waals surface area (Å²) in [6.45, 7) is 2.86. The highest BCUT2D eigenvalue weighted by Crippen LogP contribution is 2.20. The van der Waals surface area contributed by atoms with Crippen LogP contribution >= 0.6 is 0 Å². The third-order valence-electron chi connectivity index (χ3n) is 3.77. The van der Waals surface area contributed by atoms with E-state index in [1.54, 1.807) is 6.07 Å². The summed E-state index contributed by atoms with van der Waals surface area (Å²) < 4.78 is 5.34. The topological polar surface area (TPSA) is 86.9 Å². The van der Waals surface area contributed by atoms with Crippen LogP contribution in [0.1, 0.15) is 0 Å². The van der Waals surface area contributed by atoms with Crippen LogP contribution in [0.3, 0.4) is 0 Å². The Hall–Kier alpha value is -2.67. The first-order chi connectivity index (χ1) is 10.8. The summed E-state index contributed by atoms with van der Waals surface area (Å²) in [5.74, 6) is 1.29. The number of aromatic nitrogens is 4. The minimum absolute atomic E-state index is 0.254. The highest BCUT2D eigenvalue weighted by Gasteiger charge is 2.16. The van der Waals surface area contributed by atoms with Gasteiger partial charge in [-0.3, -0.25) is 4.79 Å². The van der Waals surface area contributed by atoms with Gasteiger partial charge in [0, 0.05) is 13.1 Å². The second kappa shape index (κ2) is 5.27. The SMILES string of the molecule is O=c1[nH]nc(N2CCOCC2)cc1-c1nc2ccccc2[nH]1. The molecule has 112 valence electrons. The number of morpholine rings is 1. The molecular weight excluding hydrogens is 282 g/mol. The maximum atomic E-state index is 12.1. The molecule has 2 aromatic heterocycles. The van der Waals surface area contributed by atoms with Gasteiger partial charge in [0.2, 0.25) is 0 Å². The predicted molar refractivity (Wildman–Crippen MR) is 83.0 cm³/mol. The van der Waals surface area contributed by atoms with Crippen LogP contribution in [0, 0.1) is 0 Å². The van der Waals surface area contributed by atoms with Gasteiger partial charge in [0.05, 0.1) is 29.8 Å². The van der Waals surface area contributed by atoms with E-state index in [-0.39, 0.29) is 5.56 Å². The van der Waals surface area contributed by atoms with Crippen LogP contribution in [0.15, 0.2) is 35.1 Å². The molecule has 0 spiro atoms. The number of aromatic amines is 2. The van der Waals surface area contributed by atoms with Crippen molar-refractivity contribution in [1.29, 1.82) is 0 Å². The van der Waals surface area contributed by atoms with Crippen molar-refractivity contribution in [2.75, 3.05) is 31.2 Å². The molecule has 7 nitrogen and oxygen atoms in total. The van der Waals surface area contributed by atoms with Crippen molar-refractivity contribution >= 4 is 16.9 Å². The molecule has 0 saturated carbocycles. The van der Waals surface area contributed by atoms with Gasteiger partial charge in [-0.1, -0.05) is 12.1 Å². The lowest BCUT2D eigenvalue weighted by Gasteiger charge is -2.27. The fraction of sp³-hybridized carbons (Fsp3) is 0.267. The Morgan fingerprint density at radius 1 is 1.18 bits per heavy atom. The molecular formula is C15H15N5O2. The molecule has 1 fully saturated rings.